The topological polar surface area (TPSA) is 43.8 Å². The zero-order valence-corrected chi connectivity index (χ0v) is 13.1. The van der Waals surface area contributed by atoms with Crippen LogP contribution >= 0.6 is 50.5 Å². The SMILES string of the molecule is Cc1nn(C(C)c2cc(Cl)sc2Cl)c(N)c1Br. The number of halogens is 3. The second kappa shape index (κ2) is 4.80. The molecule has 1 unspecified atom stereocenters. The highest BCUT2D eigenvalue weighted by Gasteiger charge is 2.20. The van der Waals surface area contributed by atoms with Crippen molar-refractivity contribution in [1.29, 1.82) is 0 Å². The number of nitrogens with two attached hydrogens (primary N) is 1. The average Bonchev–Trinajstić information content (AvgIpc) is 2.72. The molecule has 2 aromatic rings. The summed E-state index contributed by atoms with van der Waals surface area (Å²) in [6.45, 7) is 3.88. The number of anilines is 1. The molecule has 1 atom stereocenters. The van der Waals surface area contributed by atoms with Crippen LogP contribution in [0.15, 0.2) is 10.5 Å². The van der Waals surface area contributed by atoms with Crippen molar-refractivity contribution in [2.45, 2.75) is 19.9 Å². The third-order valence-electron chi connectivity index (χ3n) is 2.55. The summed E-state index contributed by atoms with van der Waals surface area (Å²) in [7, 11) is 0. The quantitative estimate of drug-likeness (QED) is 0.861. The highest BCUT2D eigenvalue weighted by Crippen LogP contribution is 2.38. The Morgan fingerprint density at radius 1 is 1.53 bits per heavy atom. The lowest BCUT2D eigenvalue weighted by Gasteiger charge is -2.13. The maximum absolute atomic E-state index is 6.13. The summed E-state index contributed by atoms with van der Waals surface area (Å²) in [5.74, 6) is 0.591. The summed E-state index contributed by atoms with van der Waals surface area (Å²) in [6.07, 6.45) is 0. The number of hydrogen-bond acceptors (Lipinski definition) is 3. The highest BCUT2D eigenvalue weighted by molar-refractivity contribution is 9.10. The van der Waals surface area contributed by atoms with Crippen LogP contribution < -0.4 is 5.73 Å². The van der Waals surface area contributed by atoms with E-state index in [-0.39, 0.29) is 6.04 Å². The first-order valence-electron chi connectivity index (χ1n) is 4.86. The van der Waals surface area contributed by atoms with Crippen LogP contribution in [0.1, 0.15) is 24.2 Å². The number of rotatable bonds is 2. The van der Waals surface area contributed by atoms with Gasteiger partial charge in [0.1, 0.15) is 5.82 Å². The second-order valence-electron chi connectivity index (χ2n) is 3.68. The van der Waals surface area contributed by atoms with E-state index >= 15 is 0 Å². The summed E-state index contributed by atoms with van der Waals surface area (Å²) in [5.41, 5.74) is 7.77. The van der Waals surface area contributed by atoms with Crippen LogP contribution in [0.2, 0.25) is 8.67 Å². The van der Waals surface area contributed by atoms with E-state index in [9.17, 15) is 0 Å². The molecule has 0 aromatic carbocycles. The van der Waals surface area contributed by atoms with Gasteiger partial charge in [0.15, 0.2) is 0 Å². The van der Waals surface area contributed by atoms with Gasteiger partial charge in [0.25, 0.3) is 0 Å². The van der Waals surface area contributed by atoms with Gasteiger partial charge in [-0.25, -0.2) is 4.68 Å². The Bertz CT molecular complexity index is 564. The van der Waals surface area contributed by atoms with Gasteiger partial charge in [0.2, 0.25) is 0 Å². The molecule has 0 radical (unpaired) electrons. The molecule has 0 aliphatic rings. The fourth-order valence-corrected chi connectivity index (χ4v) is 3.50. The minimum absolute atomic E-state index is 0.0451. The van der Waals surface area contributed by atoms with Crippen LogP contribution in [0.4, 0.5) is 5.82 Å². The number of nitrogen functional groups attached to an aromatic ring is 1. The maximum atomic E-state index is 6.13. The molecule has 0 fully saturated rings. The number of aromatic nitrogens is 2. The van der Waals surface area contributed by atoms with Gasteiger partial charge >= 0.3 is 0 Å². The van der Waals surface area contributed by atoms with Crippen molar-refractivity contribution in [3.63, 3.8) is 0 Å². The molecule has 2 N–H and O–H groups in total. The van der Waals surface area contributed by atoms with Gasteiger partial charge in [-0.3, -0.25) is 0 Å². The molecule has 0 saturated heterocycles. The van der Waals surface area contributed by atoms with Gasteiger partial charge in [-0.05, 0) is 35.8 Å². The number of aryl methyl sites for hydroxylation is 1. The molecule has 2 rings (SSSR count). The largest absolute Gasteiger partial charge is 0.383 e. The molecule has 0 aliphatic carbocycles. The van der Waals surface area contributed by atoms with E-state index in [0.717, 1.165) is 15.7 Å². The summed E-state index contributed by atoms with van der Waals surface area (Å²) in [4.78, 5) is 0. The van der Waals surface area contributed by atoms with Gasteiger partial charge in [0.05, 0.1) is 24.9 Å². The van der Waals surface area contributed by atoms with Gasteiger partial charge in [-0.15, -0.1) is 11.3 Å². The minimum Gasteiger partial charge on any atom is -0.383 e. The summed E-state index contributed by atoms with van der Waals surface area (Å²) in [5, 5.41) is 4.38. The second-order valence-corrected chi connectivity index (χ2v) is 6.76. The zero-order valence-electron chi connectivity index (χ0n) is 9.17. The average molecular weight is 355 g/mol. The molecule has 7 heteroatoms. The zero-order chi connectivity index (χ0) is 12.7. The first-order chi connectivity index (χ1) is 7.91. The lowest BCUT2D eigenvalue weighted by Crippen LogP contribution is -2.11. The first-order valence-corrected chi connectivity index (χ1v) is 7.23. The van der Waals surface area contributed by atoms with Crippen molar-refractivity contribution in [1.82, 2.24) is 9.78 Å². The van der Waals surface area contributed by atoms with Crippen molar-refractivity contribution >= 4 is 56.3 Å². The molecule has 92 valence electrons. The van der Waals surface area contributed by atoms with Crippen molar-refractivity contribution in [2.75, 3.05) is 5.73 Å². The van der Waals surface area contributed by atoms with Crippen LogP contribution in [-0.4, -0.2) is 9.78 Å². The molecule has 2 aromatic heterocycles. The van der Waals surface area contributed by atoms with Crippen LogP contribution in [0, 0.1) is 6.92 Å². The normalized spacial score (nSPS) is 13.0. The Hall–Kier alpha value is -0.230. The van der Waals surface area contributed by atoms with Crippen LogP contribution in [0.3, 0.4) is 0 Å². The van der Waals surface area contributed by atoms with E-state index in [1.807, 2.05) is 19.9 Å². The molecule has 3 nitrogen and oxygen atoms in total. The molecule has 17 heavy (non-hydrogen) atoms. The summed E-state index contributed by atoms with van der Waals surface area (Å²) >= 11 is 16.8. The molecule has 0 aliphatic heterocycles. The fourth-order valence-electron chi connectivity index (χ4n) is 1.61. The predicted molar refractivity (Wildman–Crippen MR) is 77.2 cm³/mol. The lowest BCUT2D eigenvalue weighted by molar-refractivity contribution is 0.570. The lowest BCUT2D eigenvalue weighted by atomic mass is 10.2. The molecule has 0 bridgehead atoms. The van der Waals surface area contributed by atoms with Crippen LogP contribution in [0.25, 0.3) is 0 Å². The Balaban J connectivity index is 2.47. The predicted octanol–water partition coefficient (Wildman–Crippen LogP) is 4.51. The van der Waals surface area contributed by atoms with Crippen LogP contribution in [-0.2, 0) is 0 Å². The van der Waals surface area contributed by atoms with Crippen molar-refractivity contribution in [3.8, 4) is 0 Å². The first kappa shape index (κ1) is 13.2. The van der Waals surface area contributed by atoms with Crippen LogP contribution in [0.5, 0.6) is 0 Å². The van der Waals surface area contributed by atoms with E-state index in [1.54, 1.807) is 4.68 Å². The van der Waals surface area contributed by atoms with E-state index in [1.165, 1.54) is 11.3 Å². The molecular weight excluding hydrogens is 345 g/mol. The van der Waals surface area contributed by atoms with Crippen molar-refractivity contribution < 1.29 is 0 Å². The Morgan fingerprint density at radius 2 is 2.18 bits per heavy atom. The van der Waals surface area contributed by atoms with E-state index in [2.05, 4.69) is 21.0 Å². The third-order valence-corrected chi connectivity index (χ3v) is 5.05. The van der Waals surface area contributed by atoms with Gasteiger partial charge in [-0.2, -0.15) is 5.10 Å². The Labute approximate surface area is 122 Å². The number of nitrogens with zero attached hydrogens (tertiary/aromatic N) is 2. The van der Waals surface area contributed by atoms with E-state index < -0.39 is 0 Å². The monoisotopic (exact) mass is 353 g/mol. The molecule has 2 heterocycles. The minimum atomic E-state index is -0.0451. The molecule has 0 spiro atoms. The van der Waals surface area contributed by atoms with Crippen molar-refractivity contribution in [2.24, 2.45) is 0 Å². The van der Waals surface area contributed by atoms with E-state index in [0.29, 0.717) is 14.5 Å². The molecule has 0 saturated carbocycles. The smallest absolute Gasteiger partial charge is 0.137 e. The molecular formula is C10H10BrCl2N3S. The van der Waals surface area contributed by atoms with Gasteiger partial charge in [0, 0.05) is 5.56 Å². The standard InChI is InChI=1S/C10H10BrCl2N3S/c1-4-8(11)10(14)16(15-4)5(2)6-3-7(12)17-9(6)13/h3,5H,14H2,1-2H3. The van der Waals surface area contributed by atoms with E-state index in [4.69, 9.17) is 28.9 Å². The summed E-state index contributed by atoms with van der Waals surface area (Å²) in [6, 6.07) is 1.81. The maximum Gasteiger partial charge on any atom is 0.137 e. The fraction of sp³-hybridized carbons (Fsp3) is 0.300. The Morgan fingerprint density at radius 3 is 2.59 bits per heavy atom. The van der Waals surface area contributed by atoms with Gasteiger partial charge in [-0.1, -0.05) is 23.2 Å². The van der Waals surface area contributed by atoms with Crippen molar-refractivity contribution in [3.05, 3.63) is 30.5 Å². The third kappa shape index (κ3) is 2.34. The Kier molecular flexibility index (Phi) is 3.73. The highest BCUT2D eigenvalue weighted by atomic mass is 79.9. The summed E-state index contributed by atoms with van der Waals surface area (Å²) < 4.78 is 3.90. The number of thiophene rings is 1. The molecule has 0 amide bonds. The number of hydrogen-bond donors (Lipinski definition) is 1. The van der Waals surface area contributed by atoms with Gasteiger partial charge < -0.3 is 5.73 Å².